The van der Waals surface area contributed by atoms with Gasteiger partial charge >= 0.3 is 0 Å². The Hall–Kier alpha value is -2.62. The number of rotatable bonds is 3. The van der Waals surface area contributed by atoms with Gasteiger partial charge < -0.3 is 9.73 Å². The lowest BCUT2D eigenvalue weighted by Crippen LogP contribution is -2.08. The van der Waals surface area contributed by atoms with Gasteiger partial charge in [0.25, 0.3) is 0 Å². The van der Waals surface area contributed by atoms with E-state index in [0.717, 1.165) is 27.9 Å². The number of amides is 1. The molecule has 0 bridgehead atoms. The molecule has 1 heterocycles. The van der Waals surface area contributed by atoms with E-state index in [1.54, 1.807) is 0 Å². The maximum Gasteiger partial charge on any atom is 0.227 e. The van der Waals surface area contributed by atoms with Crippen molar-refractivity contribution in [3.8, 4) is 11.5 Å². The molecule has 1 amide bonds. The molecule has 2 aromatic carbocycles. The van der Waals surface area contributed by atoms with Gasteiger partial charge in [-0.3, -0.25) is 4.79 Å². The summed E-state index contributed by atoms with van der Waals surface area (Å²) in [6.45, 7) is 3.85. The average molecular weight is 280 g/mol. The van der Waals surface area contributed by atoms with Crippen LogP contribution in [-0.2, 0) is 4.79 Å². The molecule has 3 aromatic rings. The van der Waals surface area contributed by atoms with Gasteiger partial charge in [0.1, 0.15) is 5.52 Å². The molecular weight excluding hydrogens is 264 g/mol. The van der Waals surface area contributed by atoms with Crippen LogP contribution in [0.15, 0.2) is 46.9 Å². The van der Waals surface area contributed by atoms with Crippen molar-refractivity contribution in [2.45, 2.75) is 20.3 Å². The molecule has 106 valence electrons. The minimum Gasteiger partial charge on any atom is -0.436 e. The lowest BCUT2D eigenvalue weighted by atomic mass is 10.2. The first-order chi connectivity index (χ1) is 10.2. The average Bonchev–Trinajstić information content (AvgIpc) is 2.90. The van der Waals surface area contributed by atoms with Crippen molar-refractivity contribution in [2.75, 3.05) is 5.32 Å². The molecule has 4 heteroatoms. The molecule has 0 saturated heterocycles. The number of aryl methyl sites for hydroxylation is 1. The van der Waals surface area contributed by atoms with E-state index < -0.39 is 0 Å². The van der Waals surface area contributed by atoms with E-state index in [1.165, 1.54) is 0 Å². The molecule has 0 spiro atoms. The molecule has 0 unspecified atom stereocenters. The quantitative estimate of drug-likeness (QED) is 0.784. The Kier molecular flexibility index (Phi) is 3.44. The van der Waals surface area contributed by atoms with Crippen LogP contribution in [0.4, 0.5) is 5.69 Å². The first-order valence-corrected chi connectivity index (χ1v) is 6.93. The Bertz CT molecular complexity index is 788. The Labute approximate surface area is 122 Å². The zero-order chi connectivity index (χ0) is 14.8. The number of nitrogens with zero attached hydrogens (tertiary/aromatic N) is 1. The summed E-state index contributed by atoms with van der Waals surface area (Å²) in [6.07, 6.45) is 0.465. The van der Waals surface area contributed by atoms with E-state index >= 15 is 0 Å². The Morgan fingerprint density at radius 3 is 2.67 bits per heavy atom. The zero-order valence-corrected chi connectivity index (χ0v) is 12.0. The van der Waals surface area contributed by atoms with Crippen molar-refractivity contribution in [1.29, 1.82) is 0 Å². The molecule has 3 rings (SSSR count). The summed E-state index contributed by atoms with van der Waals surface area (Å²) in [5, 5.41) is 2.81. The van der Waals surface area contributed by atoms with E-state index in [-0.39, 0.29) is 5.91 Å². The van der Waals surface area contributed by atoms with Gasteiger partial charge in [-0.15, -0.1) is 0 Å². The number of oxazole rings is 1. The van der Waals surface area contributed by atoms with Crippen molar-refractivity contribution >= 4 is 22.7 Å². The van der Waals surface area contributed by atoms with Gasteiger partial charge in [0, 0.05) is 17.7 Å². The number of benzene rings is 2. The molecule has 0 radical (unpaired) electrons. The van der Waals surface area contributed by atoms with Crippen molar-refractivity contribution < 1.29 is 9.21 Å². The number of aromatic nitrogens is 1. The molecule has 0 aliphatic rings. The topological polar surface area (TPSA) is 55.1 Å². The number of nitrogens with one attached hydrogen (secondary N) is 1. The highest BCUT2D eigenvalue weighted by atomic mass is 16.3. The Morgan fingerprint density at radius 1 is 1.19 bits per heavy atom. The number of carbonyl (C=O) groups excluding carboxylic acids is 1. The molecule has 21 heavy (non-hydrogen) atoms. The van der Waals surface area contributed by atoms with E-state index in [1.807, 2.05) is 56.3 Å². The Balaban J connectivity index is 1.90. The zero-order valence-electron chi connectivity index (χ0n) is 12.0. The fourth-order valence-corrected chi connectivity index (χ4v) is 2.11. The largest absolute Gasteiger partial charge is 0.436 e. The van der Waals surface area contributed by atoms with Gasteiger partial charge in [0.05, 0.1) is 0 Å². The standard InChI is InChI=1S/C17H16N2O2/c1-3-16(20)18-13-7-5-12(6-8-13)17-19-14-10-11(2)4-9-15(14)21-17/h4-10H,3H2,1-2H3,(H,18,20). The first kappa shape index (κ1) is 13.4. The molecule has 0 atom stereocenters. The SMILES string of the molecule is CCC(=O)Nc1ccc(-c2nc3cc(C)ccc3o2)cc1. The van der Waals surface area contributed by atoms with Crippen LogP contribution >= 0.6 is 0 Å². The van der Waals surface area contributed by atoms with Gasteiger partial charge in [-0.25, -0.2) is 4.98 Å². The smallest absolute Gasteiger partial charge is 0.227 e. The number of carbonyl (C=O) groups is 1. The fraction of sp³-hybridized carbons (Fsp3) is 0.176. The molecule has 0 fully saturated rings. The van der Waals surface area contributed by atoms with Crippen LogP contribution in [-0.4, -0.2) is 10.9 Å². The second-order valence-electron chi connectivity index (χ2n) is 4.97. The van der Waals surface area contributed by atoms with Crippen LogP contribution in [0.1, 0.15) is 18.9 Å². The highest BCUT2D eigenvalue weighted by molar-refractivity contribution is 5.90. The third-order valence-electron chi connectivity index (χ3n) is 3.28. The number of hydrogen-bond acceptors (Lipinski definition) is 3. The van der Waals surface area contributed by atoms with E-state index in [2.05, 4.69) is 10.3 Å². The lowest BCUT2D eigenvalue weighted by molar-refractivity contribution is -0.115. The number of hydrogen-bond donors (Lipinski definition) is 1. The summed E-state index contributed by atoms with van der Waals surface area (Å²) < 4.78 is 5.75. The van der Waals surface area contributed by atoms with E-state index in [4.69, 9.17) is 4.42 Å². The van der Waals surface area contributed by atoms with Gasteiger partial charge in [0.2, 0.25) is 11.8 Å². The van der Waals surface area contributed by atoms with Crippen molar-refractivity contribution in [3.63, 3.8) is 0 Å². The van der Waals surface area contributed by atoms with Crippen LogP contribution in [0.3, 0.4) is 0 Å². The summed E-state index contributed by atoms with van der Waals surface area (Å²) in [5.74, 6) is 0.587. The van der Waals surface area contributed by atoms with Crippen molar-refractivity contribution in [2.24, 2.45) is 0 Å². The van der Waals surface area contributed by atoms with Crippen LogP contribution in [0.5, 0.6) is 0 Å². The molecule has 4 nitrogen and oxygen atoms in total. The number of fused-ring (bicyclic) bond motifs is 1. The van der Waals surface area contributed by atoms with Gasteiger partial charge in [-0.05, 0) is 48.9 Å². The van der Waals surface area contributed by atoms with Gasteiger partial charge in [-0.1, -0.05) is 13.0 Å². The number of anilines is 1. The highest BCUT2D eigenvalue weighted by Gasteiger charge is 2.08. The maximum atomic E-state index is 11.3. The molecule has 1 N–H and O–H groups in total. The molecule has 0 aliphatic carbocycles. The normalized spacial score (nSPS) is 10.8. The molecule has 0 saturated carbocycles. The van der Waals surface area contributed by atoms with Crippen LogP contribution in [0.2, 0.25) is 0 Å². The lowest BCUT2D eigenvalue weighted by Gasteiger charge is -2.03. The summed E-state index contributed by atoms with van der Waals surface area (Å²) in [5.41, 5.74) is 4.45. The third kappa shape index (κ3) is 2.79. The Morgan fingerprint density at radius 2 is 1.95 bits per heavy atom. The third-order valence-corrected chi connectivity index (χ3v) is 3.28. The van der Waals surface area contributed by atoms with Gasteiger partial charge in [0.15, 0.2) is 5.58 Å². The van der Waals surface area contributed by atoms with Gasteiger partial charge in [-0.2, -0.15) is 0 Å². The maximum absolute atomic E-state index is 11.3. The van der Waals surface area contributed by atoms with Crippen LogP contribution in [0, 0.1) is 6.92 Å². The second-order valence-corrected chi connectivity index (χ2v) is 4.97. The minimum atomic E-state index is 0.0000808. The molecular formula is C17H16N2O2. The molecule has 1 aromatic heterocycles. The summed E-state index contributed by atoms with van der Waals surface area (Å²) in [7, 11) is 0. The highest BCUT2D eigenvalue weighted by Crippen LogP contribution is 2.25. The predicted octanol–water partition coefficient (Wildman–Crippen LogP) is 4.15. The monoisotopic (exact) mass is 280 g/mol. The molecule has 0 aliphatic heterocycles. The van der Waals surface area contributed by atoms with Crippen molar-refractivity contribution in [1.82, 2.24) is 4.98 Å². The first-order valence-electron chi connectivity index (χ1n) is 6.93. The summed E-state index contributed by atoms with van der Waals surface area (Å²) in [4.78, 5) is 15.8. The summed E-state index contributed by atoms with van der Waals surface area (Å²) >= 11 is 0. The van der Waals surface area contributed by atoms with Crippen LogP contribution in [0.25, 0.3) is 22.6 Å². The minimum absolute atomic E-state index is 0.0000808. The predicted molar refractivity (Wildman–Crippen MR) is 83.1 cm³/mol. The second kappa shape index (κ2) is 5.40. The van der Waals surface area contributed by atoms with E-state index in [9.17, 15) is 4.79 Å². The van der Waals surface area contributed by atoms with Crippen molar-refractivity contribution in [3.05, 3.63) is 48.0 Å². The van der Waals surface area contributed by atoms with Crippen LogP contribution < -0.4 is 5.32 Å². The fourth-order valence-electron chi connectivity index (χ4n) is 2.11. The van der Waals surface area contributed by atoms with E-state index in [0.29, 0.717) is 12.3 Å². The summed E-state index contributed by atoms with van der Waals surface area (Å²) in [6, 6.07) is 13.4.